The zero-order valence-electron chi connectivity index (χ0n) is 6.14. The Kier molecular flexibility index (Phi) is 4.13. The molecule has 0 saturated carbocycles. The minimum atomic E-state index is -0.368. The van der Waals surface area contributed by atoms with Gasteiger partial charge in [-0.15, -0.1) is 0 Å². The zero-order valence-corrected chi connectivity index (χ0v) is 7.55. The zero-order chi connectivity index (χ0) is 6.57. The molecule has 0 aliphatic rings. The van der Waals surface area contributed by atoms with Crippen LogP contribution >= 0.6 is 0 Å². The molecular formula is C5H15NOSi. The Balaban J connectivity index is 2.93. The Labute approximate surface area is 53.9 Å². The van der Waals surface area contributed by atoms with Crippen LogP contribution in [0.1, 0.15) is 13.8 Å². The Bertz CT molecular complexity index is 48.4. The standard InChI is InChI=1S/C5H15NOSi/c1-5(2)7-8-6(3)4/h5H,8H2,1-4H3. The molecule has 0 aromatic heterocycles. The first-order valence-corrected chi connectivity index (χ1v) is 4.10. The monoisotopic (exact) mass is 133 g/mol. The van der Waals surface area contributed by atoms with Crippen LogP contribution in [0.3, 0.4) is 0 Å². The van der Waals surface area contributed by atoms with Crippen LogP contribution in [0, 0.1) is 0 Å². The lowest BCUT2D eigenvalue weighted by molar-refractivity contribution is 0.234. The molecule has 0 aliphatic heterocycles. The third-order valence-corrected chi connectivity index (χ3v) is 2.00. The van der Waals surface area contributed by atoms with Gasteiger partial charge in [-0.2, -0.15) is 0 Å². The smallest absolute Gasteiger partial charge is 0.238 e. The molecule has 0 aromatic carbocycles. The Morgan fingerprint density at radius 3 is 2.00 bits per heavy atom. The van der Waals surface area contributed by atoms with Gasteiger partial charge in [0.2, 0.25) is 9.92 Å². The molecule has 0 radical (unpaired) electrons. The van der Waals surface area contributed by atoms with Gasteiger partial charge in [0.25, 0.3) is 0 Å². The Morgan fingerprint density at radius 2 is 1.88 bits per heavy atom. The highest BCUT2D eigenvalue weighted by Gasteiger charge is 1.93. The van der Waals surface area contributed by atoms with Crippen LogP contribution in [0.4, 0.5) is 0 Å². The normalized spacial score (nSPS) is 12.8. The van der Waals surface area contributed by atoms with Crippen molar-refractivity contribution in [3.05, 3.63) is 0 Å². The molecule has 50 valence electrons. The molecule has 0 N–H and O–H groups in total. The van der Waals surface area contributed by atoms with Crippen molar-refractivity contribution in [1.82, 2.24) is 4.57 Å². The largest absolute Gasteiger partial charge is 0.406 e. The van der Waals surface area contributed by atoms with Crippen molar-refractivity contribution < 1.29 is 4.43 Å². The molecule has 0 fully saturated rings. The fourth-order valence-electron chi connectivity index (χ4n) is 0.298. The van der Waals surface area contributed by atoms with Crippen molar-refractivity contribution in [3.8, 4) is 0 Å². The quantitative estimate of drug-likeness (QED) is 0.501. The van der Waals surface area contributed by atoms with Gasteiger partial charge in [-0.05, 0) is 27.9 Å². The van der Waals surface area contributed by atoms with Crippen molar-refractivity contribution in [2.24, 2.45) is 0 Å². The van der Waals surface area contributed by atoms with E-state index in [2.05, 4.69) is 32.5 Å². The number of nitrogens with zero attached hydrogens (tertiary/aromatic N) is 1. The summed E-state index contributed by atoms with van der Waals surface area (Å²) in [6.07, 6.45) is 0.407. The average Bonchev–Trinajstić information content (AvgIpc) is 1.61. The van der Waals surface area contributed by atoms with E-state index in [0.29, 0.717) is 6.10 Å². The summed E-state index contributed by atoms with van der Waals surface area (Å²) in [4.78, 5) is 0. The highest BCUT2D eigenvalue weighted by atomic mass is 28.2. The van der Waals surface area contributed by atoms with Crippen LogP contribution in [0.15, 0.2) is 0 Å². The molecule has 0 aliphatic carbocycles. The summed E-state index contributed by atoms with van der Waals surface area (Å²) in [6, 6.07) is 0. The molecule has 0 heterocycles. The Morgan fingerprint density at radius 1 is 1.38 bits per heavy atom. The van der Waals surface area contributed by atoms with E-state index in [0.717, 1.165) is 0 Å². The fourth-order valence-corrected chi connectivity index (χ4v) is 0.894. The lowest BCUT2D eigenvalue weighted by atomic mass is 10.5. The molecule has 0 atom stereocenters. The minimum Gasteiger partial charge on any atom is -0.406 e. The van der Waals surface area contributed by atoms with Gasteiger partial charge in [-0.1, -0.05) is 0 Å². The van der Waals surface area contributed by atoms with E-state index in [9.17, 15) is 0 Å². The molecule has 8 heavy (non-hydrogen) atoms. The highest BCUT2D eigenvalue weighted by Crippen LogP contribution is 1.84. The maximum Gasteiger partial charge on any atom is 0.238 e. The van der Waals surface area contributed by atoms with E-state index in [-0.39, 0.29) is 9.92 Å². The average molecular weight is 133 g/mol. The highest BCUT2D eigenvalue weighted by molar-refractivity contribution is 6.23. The van der Waals surface area contributed by atoms with Gasteiger partial charge in [0.15, 0.2) is 0 Å². The van der Waals surface area contributed by atoms with Crippen LogP contribution in [0.2, 0.25) is 0 Å². The second-order valence-electron chi connectivity index (χ2n) is 2.42. The van der Waals surface area contributed by atoms with Gasteiger partial charge >= 0.3 is 0 Å². The number of rotatable bonds is 3. The number of hydrogen-bond acceptors (Lipinski definition) is 2. The molecule has 0 aromatic rings. The van der Waals surface area contributed by atoms with Crippen molar-refractivity contribution in [2.75, 3.05) is 14.1 Å². The third kappa shape index (κ3) is 6.14. The molecule has 0 spiro atoms. The third-order valence-electron chi connectivity index (χ3n) is 0.666. The molecule has 0 rings (SSSR count). The molecular weight excluding hydrogens is 118 g/mol. The van der Waals surface area contributed by atoms with Gasteiger partial charge in [0.1, 0.15) is 0 Å². The summed E-state index contributed by atoms with van der Waals surface area (Å²) >= 11 is 0. The van der Waals surface area contributed by atoms with E-state index in [4.69, 9.17) is 4.43 Å². The number of hydrogen-bond donors (Lipinski definition) is 0. The summed E-state index contributed by atoms with van der Waals surface area (Å²) in [5.41, 5.74) is 0. The van der Waals surface area contributed by atoms with E-state index in [1.54, 1.807) is 0 Å². The maximum absolute atomic E-state index is 5.37. The summed E-state index contributed by atoms with van der Waals surface area (Å²) in [5.74, 6) is 0. The second kappa shape index (κ2) is 4.06. The SMILES string of the molecule is CC(C)O[SiH2]N(C)C. The van der Waals surface area contributed by atoms with Gasteiger partial charge < -0.3 is 8.99 Å². The topological polar surface area (TPSA) is 12.5 Å². The van der Waals surface area contributed by atoms with E-state index < -0.39 is 0 Å². The first-order valence-electron chi connectivity index (χ1n) is 2.89. The first kappa shape index (κ1) is 8.14. The van der Waals surface area contributed by atoms with Crippen LogP contribution in [-0.2, 0) is 4.43 Å². The fraction of sp³-hybridized carbons (Fsp3) is 1.00. The lowest BCUT2D eigenvalue weighted by Crippen LogP contribution is -2.23. The van der Waals surface area contributed by atoms with Crippen LogP contribution in [0.25, 0.3) is 0 Å². The summed E-state index contributed by atoms with van der Waals surface area (Å²) in [5, 5.41) is 0. The summed E-state index contributed by atoms with van der Waals surface area (Å²) < 4.78 is 7.51. The van der Waals surface area contributed by atoms with Gasteiger partial charge in [0.05, 0.1) is 0 Å². The molecule has 2 nitrogen and oxygen atoms in total. The second-order valence-corrected chi connectivity index (χ2v) is 4.28. The molecule has 0 unspecified atom stereocenters. The predicted molar refractivity (Wildman–Crippen MR) is 38.5 cm³/mol. The van der Waals surface area contributed by atoms with Crippen LogP contribution in [0.5, 0.6) is 0 Å². The van der Waals surface area contributed by atoms with Crippen molar-refractivity contribution in [2.45, 2.75) is 20.0 Å². The Hall–Kier alpha value is 0.137. The van der Waals surface area contributed by atoms with Crippen molar-refractivity contribution in [1.29, 1.82) is 0 Å². The summed E-state index contributed by atoms with van der Waals surface area (Å²) in [7, 11) is 3.73. The van der Waals surface area contributed by atoms with E-state index in [1.807, 2.05) is 0 Å². The van der Waals surface area contributed by atoms with Gasteiger partial charge in [-0.25, -0.2) is 0 Å². The predicted octanol–water partition coefficient (Wildman–Crippen LogP) is -0.0282. The van der Waals surface area contributed by atoms with E-state index in [1.165, 1.54) is 0 Å². The summed E-state index contributed by atoms with van der Waals surface area (Å²) in [6.45, 7) is 4.13. The van der Waals surface area contributed by atoms with Crippen LogP contribution < -0.4 is 0 Å². The van der Waals surface area contributed by atoms with Crippen molar-refractivity contribution >= 4 is 9.92 Å². The maximum atomic E-state index is 5.37. The molecule has 0 bridgehead atoms. The lowest BCUT2D eigenvalue weighted by Gasteiger charge is -2.11. The van der Waals surface area contributed by atoms with Gasteiger partial charge in [0, 0.05) is 6.10 Å². The van der Waals surface area contributed by atoms with E-state index >= 15 is 0 Å². The molecule has 0 saturated heterocycles. The van der Waals surface area contributed by atoms with Crippen LogP contribution in [-0.4, -0.2) is 34.7 Å². The van der Waals surface area contributed by atoms with Gasteiger partial charge in [-0.3, -0.25) is 0 Å². The molecule has 0 amide bonds. The first-order chi connectivity index (χ1) is 3.63. The molecule has 3 heteroatoms. The van der Waals surface area contributed by atoms with Crippen molar-refractivity contribution in [3.63, 3.8) is 0 Å². The minimum absolute atomic E-state index is 0.368.